The summed E-state index contributed by atoms with van der Waals surface area (Å²) < 4.78 is 19.1. The molecule has 0 unspecified atom stereocenters. The van der Waals surface area contributed by atoms with Gasteiger partial charge in [0.1, 0.15) is 5.60 Å². The molecule has 3 aliphatic rings. The van der Waals surface area contributed by atoms with Crippen LogP contribution >= 0.6 is 0 Å². The van der Waals surface area contributed by atoms with Gasteiger partial charge in [-0.1, -0.05) is 0 Å². The number of hydrogen-bond acceptors (Lipinski definition) is 7. The lowest BCUT2D eigenvalue weighted by Crippen LogP contribution is -2.56. The van der Waals surface area contributed by atoms with E-state index in [1.165, 1.54) is 17.0 Å². The van der Waals surface area contributed by atoms with Crippen LogP contribution < -0.4 is 5.32 Å². The van der Waals surface area contributed by atoms with Gasteiger partial charge in [-0.3, -0.25) is 14.4 Å². The van der Waals surface area contributed by atoms with Crippen LogP contribution in [0.25, 0.3) is 0 Å². The highest BCUT2D eigenvalue weighted by Crippen LogP contribution is 2.46. The van der Waals surface area contributed by atoms with E-state index in [0.717, 1.165) is 84.3 Å². The highest BCUT2D eigenvalue weighted by atomic mass is 16.5. The maximum Gasteiger partial charge on any atom is 0.255 e. The van der Waals surface area contributed by atoms with Crippen molar-refractivity contribution in [1.82, 2.24) is 24.9 Å². The average Bonchev–Trinajstić information content (AvgIpc) is 3.20. The molecule has 4 rings (SSSR count). The zero-order valence-corrected chi connectivity index (χ0v) is 23.1. The fourth-order valence-corrected chi connectivity index (χ4v) is 6.54. The highest BCUT2D eigenvalue weighted by Gasteiger charge is 2.48. The predicted octanol–water partition coefficient (Wildman–Crippen LogP) is 2.38. The molecule has 2 aliphatic carbocycles. The molecule has 2 fully saturated rings. The molecule has 0 radical (unpaired) electrons. The van der Waals surface area contributed by atoms with Gasteiger partial charge in [0, 0.05) is 58.5 Å². The molecule has 1 aromatic heterocycles. The van der Waals surface area contributed by atoms with E-state index in [1.807, 2.05) is 11.9 Å². The first-order valence-corrected chi connectivity index (χ1v) is 13.6. The number of hydrogen-bond donors (Lipinski definition) is 1. The number of likely N-dealkylation sites (N-methyl/N-ethyl adjacent to an activating group) is 2. The summed E-state index contributed by atoms with van der Waals surface area (Å²) in [5.41, 5.74) is 3.27. The number of carbonyl (C=O) groups is 1. The molecule has 0 spiro atoms. The summed E-state index contributed by atoms with van der Waals surface area (Å²) in [4.78, 5) is 17.9. The fourth-order valence-electron chi connectivity index (χ4n) is 6.54. The number of nitrogens with zero attached hydrogens (tertiary/aromatic N) is 4. The van der Waals surface area contributed by atoms with E-state index in [1.54, 1.807) is 21.3 Å². The number of carbonyl (C=O) groups excluding carboxylic acids is 1. The maximum absolute atomic E-state index is 13.5. The van der Waals surface area contributed by atoms with Gasteiger partial charge in [-0.15, -0.1) is 0 Å². The summed E-state index contributed by atoms with van der Waals surface area (Å²) in [5, 5.41) is 8.38. The van der Waals surface area contributed by atoms with Gasteiger partial charge in [0.2, 0.25) is 0 Å². The van der Waals surface area contributed by atoms with Crippen LogP contribution in [0.1, 0.15) is 67.8 Å². The van der Waals surface area contributed by atoms with Crippen LogP contribution in [0.4, 0.5) is 0 Å². The van der Waals surface area contributed by atoms with Gasteiger partial charge < -0.3 is 24.4 Å². The molecule has 0 saturated heterocycles. The van der Waals surface area contributed by atoms with Gasteiger partial charge >= 0.3 is 0 Å². The van der Waals surface area contributed by atoms with Crippen LogP contribution in [0.15, 0.2) is 0 Å². The third-order valence-corrected chi connectivity index (χ3v) is 8.84. The topological polar surface area (TPSA) is 81.1 Å². The Morgan fingerprint density at radius 1 is 1.11 bits per heavy atom. The van der Waals surface area contributed by atoms with Crippen molar-refractivity contribution in [2.24, 2.45) is 5.41 Å². The molecular weight excluding hydrogens is 458 g/mol. The molecule has 0 bridgehead atoms. The van der Waals surface area contributed by atoms with Gasteiger partial charge in [0.15, 0.2) is 0 Å². The van der Waals surface area contributed by atoms with Crippen molar-refractivity contribution in [3.05, 3.63) is 17.0 Å². The van der Waals surface area contributed by atoms with Gasteiger partial charge in [0.25, 0.3) is 5.91 Å². The first-order valence-electron chi connectivity index (χ1n) is 13.6. The molecule has 0 aromatic carbocycles. The van der Waals surface area contributed by atoms with Gasteiger partial charge in [-0.25, -0.2) is 0 Å². The van der Waals surface area contributed by atoms with Crippen LogP contribution in [-0.2, 0) is 38.6 Å². The van der Waals surface area contributed by atoms with Crippen LogP contribution in [0.3, 0.4) is 0 Å². The van der Waals surface area contributed by atoms with Gasteiger partial charge in [0.05, 0.1) is 37.7 Å². The number of aromatic nitrogens is 2. The molecule has 1 aliphatic heterocycles. The van der Waals surface area contributed by atoms with E-state index < -0.39 is 5.60 Å². The minimum Gasteiger partial charge on any atom is -0.384 e. The Labute approximate surface area is 216 Å². The molecular formula is C27H47N5O4. The summed E-state index contributed by atoms with van der Waals surface area (Å²) in [6.45, 7) is 6.28. The Bertz CT molecular complexity index is 862. The third kappa shape index (κ3) is 5.50. The number of nitrogens with one attached hydrogen (secondary N) is 1. The normalized spacial score (nSPS) is 21.4. The number of amides is 1. The Morgan fingerprint density at radius 2 is 1.81 bits per heavy atom. The quantitative estimate of drug-likeness (QED) is 0.467. The number of fused-ring (bicyclic) bond motifs is 1. The first kappa shape index (κ1) is 27.5. The Kier molecular flexibility index (Phi) is 9.09. The van der Waals surface area contributed by atoms with E-state index in [4.69, 9.17) is 19.3 Å². The fraction of sp³-hybridized carbons (Fsp3) is 0.852. The van der Waals surface area contributed by atoms with Gasteiger partial charge in [-0.2, -0.15) is 5.10 Å². The van der Waals surface area contributed by atoms with Crippen molar-refractivity contribution in [3.63, 3.8) is 0 Å². The molecule has 1 aromatic rings. The maximum atomic E-state index is 13.5. The smallest absolute Gasteiger partial charge is 0.255 e. The van der Waals surface area contributed by atoms with Crippen LogP contribution in [-0.4, -0.2) is 99.4 Å². The lowest BCUT2D eigenvalue weighted by Gasteiger charge is -2.43. The van der Waals surface area contributed by atoms with E-state index in [9.17, 15) is 4.79 Å². The summed E-state index contributed by atoms with van der Waals surface area (Å²) in [6.07, 6.45) is 7.06. The highest BCUT2D eigenvalue weighted by molar-refractivity contribution is 5.86. The second kappa shape index (κ2) is 11.9. The largest absolute Gasteiger partial charge is 0.384 e. The summed E-state index contributed by atoms with van der Waals surface area (Å²) in [7, 11) is 9.42. The van der Waals surface area contributed by atoms with E-state index in [2.05, 4.69) is 21.9 Å². The summed E-state index contributed by atoms with van der Waals surface area (Å²) in [5.74, 6) is 0.601. The zero-order valence-electron chi connectivity index (χ0n) is 23.1. The average molecular weight is 506 g/mol. The standard InChI is InChI=1S/C27H47N5O4/c1-28-13-14-30(2)17-22-24(21-7-11-26(12-8-21,19-34-3)20-35-4)23-18-31(15-16-32(23)29-22)25(33)27(36-5)9-6-10-27/h21,28H,6-20H2,1-5H3. The number of methoxy groups -OCH3 is 3. The Morgan fingerprint density at radius 3 is 2.36 bits per heavy atom. The van der Waals surface area contributed by atoms with Crippen molar-refractivity contribution in [3.8, 4) is 0 Å². The minimum absolute atomic E-state index is 0.0913. The van der Waals surface area contributed by atoms with Crippen LogP contribution in [0.2, 0.25) is 0 Å². The van der Waals surface area contributed by atoms with Crippen LogP contribution in [0, 0.1) is 5.41 Å². The molecule has 2 saturated carbocycles. The molecule has 36 heavy (non-hydrogen) atoms. The molecule has 1 amide bonds. The Hall–Kier alpha value is -1.52. The molecule has 9 heteroatoms. The predicted molar refractivity (Wildman–Crippen MR) is 139 cm³/mol. The van der Waals surface area contributed by atoms with Crippen LogP contribution in [0.5, 0.6) is 0 Å². The Balaban J connectivity index is 1.59. The van der Waals surface area contributed by atoms with Crippen molar-refractivity contribution in [1.29, 1.82) is 0 Å². The van der Waals surface area contributed by atoms with Crippen molar-refractivity contribution in [2.75, 3.05) is 68.3 Å². The monoisotopic (exact) mass is 505 g/mol. The van der Waals surface area contributed by atoms with E-state index in [0.29, 0.717) is 19.0 Å². The first-order chi connectivity index (χ1) is 17.4. The third-order valence-electron chi connectivity index (χ3n) is 8.84. The SMILES string of the molecule is CNCCN(C)Cc1nn2c(c1C1CCC(COC)(COC)CC1)CN(C(=O)C1(OC)CCC1)CC2. The van der Waals surface area contributed by atoms with E-state index >= 15 is 0 Å². The lowest BCUT2D eigenvalue weighted by molar-refractivity contribution is -0.167. The van der Waals surface area contributed by atoms with Crippen molar-refractivity contribution < 1.29 is 19.0 Å². The zero-order chi connectivity index (χ0) is 25.8. The van der Waals surface area contributed by atoms with Gasteiger partial charge in [-0.05, 0) is 65.0 Å². The van der Waals surface area contributed by atoms with Crippen molar-refractivity contribution in [2.45, 2.75) is 76.1 Å². The summed E-state index contributed by atoms with van der Waals surface area (Å²) in [6, 6.07) is 0. The molecule has 1 N–H and O–H groups in total. The molecule has 0 atom stereocenters. The van der Waals surface area contributed by atoms with E-state index in [-0.39, 0.29) is 11.3 Å². The number of rotatable bonds is 12. The minimum atomic E-state index is -0.608. The van der Waals surface area contributed by atoms with Crippen molar-refractivity contribution >= 4 is 5.91 Å². The molecule has 204 valence electrons. The molecule has 2 heterocycles. The summed E-state index contributed by atoms with van der Waals surface area (Å²) >= 11 is 0. The lowest BCUT2D eigenvalue weighted by atomic mass is 9.69. The number of ether oxygens (including phenoxy) is 3. The second-order valence-electron chi connectivity index (χ2n) is 11.3. The second-order valence-corrected chi connectivity index (χ2v) is 11.3. The molecule has 9 nitrogen and oxygen atoms in total.